The third-order valence-electron chi connectivity index (χ3n) is 6.94. The molecule has 0 amide bonds. The summed E-state index contributed by atoms with van der Waals surface area (Å²) < 4.78 is 163. The fourth-order valence-corrected chi connectivity index (χ4v) is 4.33. The van der Waals surface area contributed by atoms with E-state index in [9.17, 15) is 48.3 Å². The smallest absolute Gasteiger partial charge is 0.483 e. The van der Waals surface area contributed by atoms with Gasteiger partial charge in [0.05, 0.1) is 13.2 Å². The number of halogens is 11. The fourth-order valence-electron chi connectivity index (χ4n) is 4.33. The summed E-state index contributed by atoms with van der Waals surface area (Å²) in [6, 6.07) is 6.72. The minimum atomic E-state index is -6.84. The summed E-state index contributed by atoms with van der Waals surface area (Å²) in [7, 11) is 0. The molecule has 1 aromatic heterocycles. The lowest BCUT2D eigenvalue weighted by molar-refractivity contribution is -0.537. The molecular formula is C32H41F11N2O5. The van der Waals surface area contributed by atoms with Crippen molar-refractivity contribution in [1.82, 2.24) is 9.97 Å². The van der Waals surface area contributed by atoms with E-state index < -0.39 is 43.8 Å². The van der Waals surface area contributed by atoms with Gasteiger partial charge >= 0.3 is 30.6 Å². The first kappa shape index (κ1) is 43.2. The standard InChI is InChI=1S/C32H41F11N2O5/c1-2-3-4-5-6-7-8-9-10-11-20-48-26-22-24(27-44-17-14-18-45-27)15-16-25(26)47-21-13-12-19-46-23-28(33,34)49-31(40,41)32(42,43)50-30(38,39)29(35,36)37/h14-18,22H,2-13,19-21,23H2,1H3. The molecule has 0 unspecified atom stereocenters. The van der Waals surface area contributed by atoms with Gasteiger partial charge in [0.1, 0.15) is 6.61 Å². The molecule has 2 rings (SSSR count). The Hall–Kier alpha value is -2.99. The molecule has 0 saturated heterocycles. The monoisotopic (exact) mass is 742 g/mol. The van der Waals surface area contributed by atoms with Crippen LogP contribution < -0.4 is 9.47 Å². The molecule has 0 radical (unpaired) electrons. The van der Waals surface area contributed by atoms with Crippen LogP contribution in [-0.2, 0) is 14.2 Å². The predicted octanol–water partition coefficient (Wildman–Crippen LogP) is 10.6. The molecule has 1 heterocycles. The number of benzene rings is 1. The third kappa shape index (κ3) is 15.1. The average Bonchev–Trinajstić information content (AvgIpc) is 3.02. The van der Waals surface area contributed by atoms with Gasteiger partial charge in [0, 0.05) is 24.6 Å². The molecule has 0 spiro atoms. The number of ether oxygens (including phenoxy) is 5. The summed E-state index contributed by atoms with van der Waals surface area (Å²) in [5, 5.41) is 0. The van der Waals surface area contributed by atoms with Crippen molar-refractivity contribution >= 4 is 0 Å². The zero-order valence-electron chi connectivity index (χ0n) is 27.4. The van der Waals surface area contributed by atoms with Gasteiger partial charge in [-0.05, 0) is 43.5 Å². The van der Waals surface area contributed by atoms with Crippen LogP contribution in [0.1, 0.15) is 84.0 Å². The van der Waals surface area contributed by atoms with Crippen molar-refractivity contribution in [3.05, 3.63) is 36.7 Å². The highest BCUT2D eigenvalue weighted by molar-refractivity contribution is 5.60. The topological polar surface area (TPSA) is 71.9 Å². The molecular weight excluding hydrogens is 701 g/mol. The van der Waals surface area contributed by atoms with E-state index in [0.29, 0.717) is 29.5 Å². The van der Waals surface area contributed by atoms with Crippen LogP contribution in [-0.4, -0.2) is 67.0 Å². The van der Waals surface area contributed by atoms with Crippen molar-refractivity contribution in [3.8, 4) is 22.9 Å². The van der Waals surface area contributed by atoms with Gasteiger partial charge in [-0.25, -0.2) is 19.4 Å². The van der Waals surface area contributed by atoms with Crippen LogP contribution >= 0.6 is 0 Å². The first-order valence-electron chi connectivity index (χ1n) is 16.1. The van der Waals surface area contributed by atoms with Crippen molar-refractivity contribution < 1.29 is 72.0 Å². The average molecular weight is 743 g/mol. The Labute approximate surface area is 282 Å². The number of rotatable bonds is 26. The Balaban J connectivity index is 1.81. The quantitative estimate of drug-likeness (QED) is 0.0702. The number of hydrogen-bond acceptors (Lipinski definition) is 7. The number of alkyl halides is 11. The summed E-state index contributed by atoms with van der Waals surface area (Å²) in [4.78, 5) is 8.43. The van der Waals surface area contributed by atoms with E-state index in [1.54, 1.807) is 36.7 Å². The number of nitrogens with zero attached hydrogens (tertiary/aromatic N) is 2. The first-order valence-corrected chi connectivity index (χ1v) is 16.1. The molecule has 1 aromatic carbocycles. The molecule has 0 fully saturated rings. The van der Waals surface area contributed by atoms with Gasteiger partial charge in [0.25, 0.3) is 0 Å². The van der Waals surface area contributed by atoms with Crippen molar-refractivity contribution in [2.75, 3.05) is 26.4 Å². The van der Waals surface area contributed by atoms with Crippen LogP contribution in [0.5, 0.6) is 11.5 Å². The van der Waals surface area contributed by atoms with Gasteiger partial charge in [-0.3, -0.25) is 0 Å². The zero-order valence-corrected chi connectivity index (χ0v) is 27.4. The maximum absolute atomic E-state index is 13.7. The molecule has 0 aliphatic heterocycles. The minimum absolute atomic E-state index is 0.00567. The van der Waals surface area contributed by atoms with E-state index in [1.807, 2.05) is 4.74 Å². The van der Waals surface area contributed by atoms with Crippen molar-refractivity contribution in [2.24, 2.45) is 0 Å². The van der Waals surface area contributed by atoms with E-state index in [-0.39, 0.29) is 19.4 Å². The van der Waals surface area contributed by atoms with Crippen LogP contribution in [0.25, 0.3) is 11.4 Å². The summed E-state index contributed by atoms with van der Waals surface area (Å²) in [5.41, 5.74) is 0.663. The molecule has 0 saturated carbocycles. The maximum Gasteiger partial charge on any atom is 0.483 e. The molecule has 50 heavy (non-hydrogen) atoms. The highest BCUT2D eigenvalue weighted by atomic mass is 19.4. The number of aromatic nitrogens is 2. The van der Waals surface area contributed by atoms with Gasteiger partial charge in [-0.2, -0.15) is 48.3 Å². The third-order valence-corrected chi connectivity index (χ3v) is 6.94. The van der Waals surface area contributed by atoms with Gasteiger partial charge in [0.15, 0.2) is 17.3 Å². The van der Waals surface area contributed by atoms with Gasteiger partial charge < -0.3 is 14.2 Å². The SMILES string of the molecule is CCCCCCCCCCCCOc1cc(-c2ncccn2)ccc1OCCCCOCC(F)(F)OC(F)(F)C(F)(F)OC(F)(F)C(F)(F)F. The van der Waals surface area contributed by atoms with E-state index in [1.165, 1.54) is 38.5 Å². The molecule has 0 aliphatic carbocycles. The highest BCUT2D eigenvalue weighted by Crippen LogP contribution is 2.47. The van der Waals surface area contributed by atoms with E-state index in [2.05, 4.69) is 26.4 Å². The van der Waals surface area contributed by atoms with Crippen LogP contribution in [0.2, 0.25) is 0 Å². The largest absolute Gasteiger partial charge is 0.490 e. The fraction of sp³-hybridized carbons (Fsp3) is 0.688. The summed E-state index contributed by atoms with van der Waals surface area (Å²) in [6.07, 6.45) is -17.5. The van der Waals surface area contributed by atoms with E-state index >= 15 is 0 Å². The van der Waals surface area contributed by atoms with Crippen LogP contribution in [0.3, 0.4) is 0 Å². The van der Waals surface area contributed by atoms with Gasteiger partial charge in [-0.1, -0.05) is 64.7 Å². The summed E-state index contributed by atoms with van der Waals surface area (Å²) in [5.74, 6) is 1.22. The zero-order chi connectivity index (χ0) is 37.3. The van der Waals surface area contributed by atoms with Crippen molar-refractivity contribution in [3.63, 3.8) is 0 Å². The van der Waals surface area contributed by atoms with E-state index in [4.69, 9.17) is 9.47 Å². The van der Waals surface area contributed by atoms with Gasteiger partial charge in [0.2, 0.25) is 0 Å². The Morgan fingerprint density at radius 2 is 1.06 bits per heavy atom. The molecule has 0 bridgehead atoms. The Morgan fingerprint density at radius 1 is 0.560 bits per heavy atom. The lowest BCUT2D eigenvalue weighted by atomic mass is 10.1. The first-order chi connectivity index (χ1) is 23.4. The Morgan fingerprint density at radius 3 is 1.64 bits per heavy atom. The normalized spacial score (nSPS) is 13.1. The lowest BCUT2D eigenvalue weighted by Crippen LogP contribution is -2.55. The van der Waals surface area contributed by atoms with Gasteiger partial charge in [-0.15, -0.1) is 0 Å². The molecule has 2 aromatic rings. The van der Waals surface area contributed by atoms with Crippen LogP contribution in [0, 0.1) is 0 Å². The summed E-state index contributed by atoms with van der Waals surface area (Å²) >= 11 is 0. The Bertz CT molecular complexity index is 1240. The lowest BCUT2D eigenvalue weighted by Gasteiger charge is -2.31. The molecule has 0 atom stereocenters. The van der Waals surface area contributed by atoms with Crippen LogP contribution in [0.4, 0.5) is 48.3 Å². The second kappa shape index (κ2) is 20.2. The summed E-state index contributed by atoms with van der Waals surface area (Å²) in [6.45, 7) is 0.00924. The highest BCUT2D eigenvalue weighted by Gasteiger charge is 2.72. The molecule has 0 N–H and O–H groups in total. The second-order valence-corrected chi connectivity index (χ2v) is 11.3. The predicted molar refractivity (Wildman–Crippen MR) is 158 cm³/mol. The molecule has 7 nitrogen and oxygen atoms in total. The van der Waals surface area contributed by atoms with Crippen molar-refractivity contribution in [1.29, 1.82) is 0 Å². The molecule has 0 aliphatic rings. The molecule has 18 heteroatoms. The maximum atomic E-state index is 13.7. The van der Waals surface area contributed by atoms with E-state index in [0.717, 1.165) is 25.7 Å². The van der Waals surface area contributed by atoms with Crippen LogP contribution in [0.15, 0.2) is 36.7 Å². The number of hydrogen-bond donors (Lipinski definition) is 0. The number of unbranched alkanes of at least 4 members (excludes halogenated alkanes) is 10. The molecule has 286 valence electrons. The minimum Gasteiger partial charge on any atom is -0.490 e. The second-order valence-electron chi connectivity index (χ2n) is 11.3. The Kier molecular flexibility index (Phi) is 17.4. The van der Waals surface area contributed by atoms with Crippen molar-refractivity contribution in [2.45, 2.75) is 115 Å².